The lowest BCUT2D eigenvalue weighted by atomic mass is 10.1. The van der Waals surface area contributed by atoms with Gasteiger partial charge in [0.15, 0.2) is 11.0 Å². The zero-order chi connectivity index (χ0) is 20.8. The van der Waals surface area contributed by atoms with Crippen LogP contribution in [-0.4, -0.2) is 39.2 Å². The standard InChI is InChI=1S/C22H25N3O3S/c1-5-27-19-11-9-18(10-12-19)25-21(17-8-6-7-16(4)13-17)23-24-22(25)29-14-20(26)28-15(2)3/h6-13,15H,5,14H2,1-4H3. The van der Waals surface area contributed by atoms with Crippen LogP contribution in [0, 0.1) is 6.92 Å². The van der Waals surface area contributed by atoms with Crippen LogP contribution in [-0.2, 0) is 9.53 Å². The molecule has 0 N–H and O–H groups in total. The fraction of sp³-hybridized carbons (Fsp3) is 0.318. The van der Waals surface area contributed by atoms with E-state index >= 15 is 0 Å². The molecule has 7 heteroatoms. The maximum absolute atomic E-state index is 12.0. The summed E-state index contributed by atoms with van der Waals surface area (Å²) in [6, 6.07) is 15.9. The molecule has 0 aliphatic heterocycles. The Kier molecular flexibility index (Phi) is 6.93. The van der Waals surface area contributed by atoms with Gasteiger partial charge in [-0.15, -0.1) is 10.2 Å². The molecule has 0 bridgehead atoms. The maximum atomic E-state index is 12.0. The van der Waals surface area contributed by atoms with Crippen molar-refractivity contribution < 1.29 is 14.3 Å². The second-order valence-corrected chi connectivity index (χ2v) is 7.71. The van der Waals surface area contributed by atoms with Crippen LogP contribution in [0.3, 0.4) is 0 Å². The Morgan fingerprint density at radius 3 is 2.55 bits per heavy atom. The first-order valence-electron chi connectivity index (χ1n) is 9.56. The van der Waals surface area contributed by atoms with Crippen LogP contribution in [0.4, 0.5) is 0 Å². The van der Waals surface area contributed by atoms with E-state index in [0.717, 1.165) is 28.4 Å². The highest BCUT2D eigenvalue weighted by molar-refractivity contribution is 7.99. The molecule has 0 saturated carbocycles. The minimum Gasteiger partial charge on any atom is -0.494 e. The minimum absolute atomic E-state index is 0.144. The molecule has 6 nitrogen and oxygen atoms in total. The number of esters is 1. The Labute approximate surface area is 175 Å². The summed E-state index contributed by atoms with van der Waals surface area (Å²) in [5.41, 5.74) is 3.00. The topological polar surface area (TPSA) is 66.2 Å². The average molecular weight is 412 g/mol. The molecule has 0 radical (unpaired) electrons. The minimum atomic E-state index is -0.275. The predicted molar refractivity (Wildman–Crippen MR) is 115 cm³/mol. The van der Waals surface area contributed by atoms with Crippen molar-refractivity contribution in [2.75, 3.05) is 12.4 Å². The van der Waals surface area contributed by atoms with Crippen molar-refractivity contribution in [1.82, 2.24) is 14.8 Å². The third-order valence-corrected chi connectivity index (χ3v) is 4.90. The van der Waals surface area contributed by atoms with E-state index in [1.54, 1.807) is 0 Å². The van der Waals surface area contributed by atoms with E-state index in [1.165, 1.54) is 11.8 Å². The molecule has 0 aliphatic rings. The lowest BCUT2D eigenvalue weighted by Gasteiger charge is -2.12. The molecule has 3 aromatic rings. The largest absolute Gasteiger partial charge is 0.494 e. The van der Waals surface area contributed by atoms with Crippen molar-refractivity contribution in [3.63, 3.8) is 0 Å². The molecule has 0 atom stereocenters. The molecule has 0 spiro atoms. The lowest BCUT2D eigenvalue weighted by Crippen LogP contribution is -2.13. The van der Waals surface area contributed by atoms with E-state index in [1.807, 2.05) is 74.7 Å². The molecule has 29 heavy (non-hydrogen) atoms. The number of hydrogen-bond acceptors (Lipinski definition) is 6. The van der Waals surface area contributed by atoms with E-state index < -0.39 is 0 Å². The van der Waals surface area contributed by atoms with E-state index in [0.29, 0.717) is 11.8 Å². The fourth-order valence-corrected chi connectivity index (χ4v) is 3.58. The second-order valence-electron chi connectivity index (χ2n) is 6.77. The fourth-order valence-electron chi connectivity index (χ4n) is 2.85. The molecule has 0 aliphatic carbocycles. The van der Waals surface area contributed by atoms with Gasteiger partial charge in [-0.05, 0) is 58.0 Å². The monoisotopic (exact) mass is 411 g/mol. The number of hydrogen-bond donors (Lipinski definition) is 0. The molecule has 2 aromatic carbocycles. The van der Waals surface area contributed by atoms with Crippen LogP contribution in [0.2, 0.25) is 0 Å². The summed E-state index contributed by atoms with van der Waals surface area (Å²) in [4.78, 5) is 12.0. The SMILES string of the molecule is CCOc1ccc(-n2c(SCC(=O)OC(C)C)nnc2-c2cccc(C)c2)cc1. The van der Waals surface area contributed by atoms with Crippen LogP contribution in [0.25, 0.3) is 17.1 Å². The van der Waals surface area contributed by atoms with Gasteiger partial charge in [0.25, 0.3) is 0 Å². The van der Waals surface area contributed by atoms with Crippen molar-refractivity contribution in [2.45, 2.75) is 39.0 Å². The summed E-state index contributed by atoms with van der Waals surface area (Å²) in [5.74, 6) is 1.42. The van der Waals surface area contributed by atoms with Gasteiger partial charge >= 0.3 is 5.97 Å². The highest BCUT2D eigenvalue weighted by atomic mass is 32.2. The van der Waals surface area contributed by atoms with Crippen molar-refractivity contribution >= 4 is 17.7 Å². The van der Waals surface area contributed by atoms with Gasteiger partial charge in [0, 0.05) is 11.3 Å². The number of aromatic nitrogens is 3. The molecule has 1 heterocycles. The van der Waals surface area contributed by atoms with Crippen LogP contribution < -0.4 is 4.74 Å². The molecular weight excluding hydrogens is 386 g/mol. The second kappa shape index (κ2) is 9.60. The van der Waals surface area contributed by atoms with Gasteiger partial charge in [-0.1, -0.05) is 35.5 Å². The number of nitrogens with zero attached hydrogens (tertiary/aromatic N) is 3. The molecule has 0 fully saturated rings. The summed E-state index contributed by atoms with van der Waals surface area (Å²) >= 11 is 1.31. The normalized spacial score (nSPS) is 10.9. The van der Waals surface area contributed by atoms with Gasteiger partial charge in [-0.3, -0.25) is 9.36 Å². The Morgan fingerprint density at radius 2 is 1.90 bits per heavy atom. The van der Waals surface area contributed by atoms with Gasteiger partial charge in [0.1, 0.15) is 5.75 Å². The van der Waals surface area contributed by atoms with Crippen LogP contribution in [0.15, 0.2) is 53.7 Å². The van der Waals surface area contributed by atoms with Gasteiger partial charge in [0.2, 0.25) is 0 Å². The number of rotatable bonds is 8. The quantitative estimate of drug-likeness (QED) is 0.396. The molecule has 0 amide bonds. The van der Waals surface area contributed by atoms with Crippen molar-refractivity contribution in [3.05, 3.63) is 54.1 Å². The Balaban J connectivity index is 1.97. The number of carbonyl (C=O) groups is 1. The third-order valence-electron chi connectivity index (χ3n) is 4.00. The molecule has 3 rings (SSSR count). The van der Waals surface area contributed by atoms with Gasteiger partial charge < -0.3 is 9.47 Å². The van der Waals surface area contributed by atoms with E-state index in [4.69, 9.17) is 9.47 Å². The molecule has 1 aromatic heterocycles. The summed E-state index contributed by atoms with van der Waals surface area (Å²) < 4.78 is 12.7. The molecule has 0 saturated heterocycles. The smallest absolute Gasteiger partial charge is 0.316 e. The number of carbonyl (C=O) groups excluding carboxylic acids is 1. The van der Waals surface area contributed by atoms with Gasteiger partial charge in [0.05, 0.1) is 18.5 Å². The summed E-state index contributed by atoms with van der Waals surface area (Å²) in [7, 11) is 0. The highest BCUT2D eigenvalue weighted by Gasteiger charge is 2.18. The first-order chi connectivity index (χ1) is 14.0. The molecule has 152 valence electrons. The van der Waals surface area contributed by atoms with E-state index in [-0.39, 0.29) is 17.8 Å². The van der Waals surface area contributed by atoms with Crippen LogP contribution in [0.1, 0.15) is 26.3 Å². The van der Waals surface area contributed by atoms with E-state index in [2.05, 4.69) is 16.3 Å². The Hall–Kier alpha value is -2.80. The Bertz CT molecular complexity index is 968. The van der Waals surface area contributed by atoms with Gasteiger partial charge in [-0.25, -0.2) is 0 Å². The van der Waals surface area contributed by atoms with Gasteiger partial charge in [-0.2, -0.15) is 0 Å². The molecular formula is C22H25N3O3S. The number of benzene rings is 2. The lowest BCUT2D eigenvalue weighted by molar-refractivity contribution is -0.144. The summed E-state index contributed by atoms with van der Waals surface area (Å²) in [6.07, 6.45) is -0.144. The number of thioether (sulfide) groups is 1. The van der Waals surface area contributed by atoms with Crippen LogP contribution in [0.5, 0.6) is 5.75 Å². The first-order valence-corrected chi connectivity index (χ1v) is 10.5. The zero-order valence-corrected chi connectivity index (χ0v) is 17.9. The summed E-state index contributed by atoms with van der Waals surface area (Å²) in [5, 5.41) is 9.39. The number of ether oxygens (including phenoxy) is 2. The maximum Gasteiger partial charge on any atom is 0.316 e. The van der Waals surface area contributed by atoms with Crippen molar-refractivity contribution in [1.29, 1.82) is 0 Å². The summed E-state index contributed by atoms with van der Waals surface area (Å²) in [6.45, 7) is 8.27. The highest BCUT2D eigenvalue weighted by Crippen LogP contribution is 2.29. The average Bonchev–Trinajstić information content (AvgIpc) is 3.11. The van der Waals surface area contributed by atoms with Crippen LogP contribution >= 0.6 is 11.8 Å². The van der Waals surface area contributed by atoms with Crippen molar-refractivity contribution in [2.24, 2.45) is 0 Å². The zero-order valence-electron chi connectivity index (χ0n) is 17.1. The van der Waals surface area contributed by atoms with E-state index in [9.17, 15) is 4.79 Å². The Morgan fingerprint density at radius 1 is 1.14 bits per heavy atom. The van der Waals surface area contributed by atoms with Crippen molar-refractivity contribution in [3.8, 4) is 22.8 Å². The first kappa shape index (κ1) is 20.9. The predicted octanol–water partition coefficient (Wildman–Crippen LogP) is 4.69. The number of aryl methyl sites for hydroxylation is 1. The third kappa shape index (κ3) is 5.38. The molecule has 0 unspecified atom stereocenters.